The third-order valence-electron chi connectivity index (χ3n) is 3.67. The number of thioether (sulfide) groups is 1. The molecule has 3 nitrogen and oxygen atoms in total. The maximum atomic E-state index is 11.1. The molecule has 1 aromatic rings. The Morgan fingerprint density at radius 2 is 2.22 bits per heavy atom. The van der Waals surface area contributed by atoms with E-state index in [4.69, 9.17) is 0 Å². The van der Waals surface area contributed by atoms with E-state index in [9.17, 15) is 4.79 Å². The summed E-state index contributed by atoms with van der Waals surface area (Å²) in [5.41, 5.74) is 1.48. The predicted octanol–water partition coefficient (Wildman–Crippen LogP) is 1.74. The highest BCUT2D eigenvalue weighted by Gasteiger charge is 2.24. The summed E-state index contributed by atoms with van der Waals surface area (Å²) in [7, 11) is 0. The highest BCUT2D eigenvalue weighted by atomic mass is 32.2. The van der Waals surface area contributed by atoms with Gasteiger partial charge in [0.15, 0.2) is 0 Å². The van der Waals surface area contributed by atoms with Crippen LogP contribution in [0.5, 0.6) is 0 Å². The normalized spacial score (nSPS) is 26.1. The zero-order chi connectivity index (χ0) is 12.4. The van der Waals surface area contributed by atoms with Gasteiger partial charge in [0, 0.05) is 42.1 Å². The Balaban J connectivity index is 1.48. The van der Waals surface area contributed by atoms with Crippen LogP contribution < -0.4 is 10.6 Å². The second-order valence-electron chi connectivity index (χ2n) is 5.01. The lowest BCUT2D eigenvalue weighted by molar-refractivity contribution is -0.119. The molecule has 2 N–H and O–H groups in total. The smallest absolute Gasteiger partial charge is 0.220 e. The fraction of sp³-hybridized carbons (Fsp3) is 0.500. The highest BCUT2D eigenvalue weighted by molar-refractivity contribution is 7.99. The second kappa shape index (κ2) is 5.33. The van der Waals surface area contributed by atoms with E-state index in [1.165, 1.54) is 16.2 Å². The predicted molar refractivity (Wildman–Crippen MR) is 73.9 cm³/mol. The Kier molecular flexibility index (Phi) is 3.57. The average molecular weight is 262 g/mol. The number of amides is 1. The molecule has 1 saturated heterocycles. The Bertz CT molecular complexity index is 449. The fourth-order valence-corrected chi connectivity index (χ4v) is 3.91. The lowest BCUT2D eigenvalue weighted by atomic mass is 10.0. The first-order valence-corrected chi connectivity index (χ1v) is 7.53. The van der Waals surface area contributed by atoms with Gasteiger partial charge in [0.1, 0.15) is 0 Å². The molecule has 4 heteroatoms. The van der Waals surface area contributed by atoms with Crippen LogP contribution in [0.15, 0.2) is 29.2 Å². The first kappa shape index (κ1) is 12.1. The van der Waals surface area contributed by atoms with Crippen LogP contribution in [0.3, 0.4) is 0 Å². The molecular formula is C14H18N2OS. The molecule has 0 spiro atoms. The minimum atomic E-state index is 0.198. The van der Waals surface area contributed by atoms with Gasteiger partial charge in [0.2, 0.25) is 5.91 Å². The van der Waals surface area contributed by atoms with Gasteiger partial charge in [0.25, 0.3) is 0 Å². The van der Waals surface area contributed by atoms with Crippen LogP contribution in [0.2, 0.25) is 0 Å². The molecule has 2 aliphatic heterocycles. The van der Waals surface area contributed by atoms with E-state index in [0.717, 1.165) is 19.5 Å². The Hall–Kier alpha value is -1.00. The number of hydrogen-bond acceptors (Lipinski definition) is 3. The van der Waals surface area contributed by atoms with E-state index in [1.54, 1.807) is 0 Å². The summed E-state index contributed by atoms with van der Waals surface area (Å²) in [5, 5.41) is 6.49. The van der Waals surface area contributed by atoms with Gasteiger partial charge in [-0.05, 0) is 18.1 Å². The number of benzene rings is 1. The quantitative estimate of drug-likeness (QED) is 0.868. The van der Waals surface area contributed by atoms with Gasteiger partial charge < -0.3 is 10.6 Å². The molecule has 96 valence electrons. The van der Waals surface area contributed by atoms with Crippen LogP contribution in [0.1, 0.15) is 24.3 Å². The van der Waals surface area contributed by atoms with E-state index >= 15 is 0 Å². The van der Waals surface area contributed by atoms with Crippen molar-refractivity contribution in [2.24, 2.45) is 0 Å². The summed E-state index contributed by atoms with van der Waals surface area (Å²) < 4.78 is 0. The van der Waals surface area contributed by atoms with Crippen LogP contribution in [0.25, 0.3) is 0 Å². The van der Waals surface area contributed by atoms with Crippen molar-refractivity contribution in [2.75, 3.05) is 18.8 Å². The third-order valence-corrected chi connectivity index (χ3v) is 4.92. The van der Waals surface area contributed by atoms with Crippen molar-refractivity contribution in [3.63, 3.8) is 0 Å². The Morgan fingerprint density at radius 3 is 3.06 bits per heavy atom. The molecule has 0 bridgehead atoms. The summed E-state index contributed by atoms with van der Waals surface area (Å²) in [5.74, 6) is 1.98. The number of hydrogen-bond donors (Lipinski definition) is 2. The summed E-state index contributed by atoms with van der Waals surface area (Å²) in [6.07, 6.45) is 1.66. The van der Waals surface area contributed by atoms with Crippen molar-refractivity contribution >= 4 is 17.7 Å². The molecule has 2 unspecified atom stereocenters. The molecule has 0 aromatic heterocycles. The van der Waals surface area contributed by atoms with E-state index in [2.05, 4.69) is 34.9 Å². The number of rotatable bonds is 4. The van der Waals surface area contributed by atoms with Gasteiger partial charge in [-0.15, -0.1) is 11.8 Å². The molecule has 0 radical (unpaired) electrons. The molecular weight excluding hydrogens is 244 g/mol. The first-order valence-electron chi connectivity index (χ1n) is 6.55. The second-order valence-corrected chi connectivity index (χ2v) is 6.07. The largest absolute Gasteiger partial charge is 0.352 e. The number of carbonyl (C=O) groups is 1. The number of fused-ring (bicyclic) bond motifs is 1. The van der Waals surface area contributed by atoms with Gasteiger partial charge in [-0.2, -0.15) is 0 Å². The zero-order valence-corrected chi connectivity index (χ0v) is 11.1. The van der Waals surface area contributed by atoms with Crippen LogP contribution >= 0.6 is 11.8 Å². The molecule has 1 aromatic carbocycles. The van der Waals surface area contributed by atoms with Crippen molar-refractivity contribution in [1.82, 2.24) is 10.6 Å². The number of nitrogens with one attached hydrogen (secondary N) is 2. The first-order chi connectivity index (χ1) is 8.83. The molecule has 1 fully saturated rings. The Morgan fingerprint density at radius 1 is 1.33 bits per heavy atom. The van der Waals surface area contributed by atoms with E-state index in [-0.39, 0.29) is 5.91 Å². The van der Waals surface area contributed by atoms with Crippen molar-refractivity contribution in [2.45, 2.75) is 29.7 Å². The maximum absolute atomic E-state index is 11.1. The fourth-order valence-electron chi connectivity index (χ4n) is 2.66. The van der Waals surface area contributed by atoms with Crippen molar-refractivity contribution < 1.29 is 4.79 Å². The van der Waals surface area contributed by atoms with Crippen LogP contribution in [0, 0.1) is 0 Å². The minimum absolute atomic E-state index is 0.198. The monoisotopic (exact) mass is 262 g/mol. The average Bonchev–Trinajstić information content (AvgIpc) is 2.97. The van der Waals surface area contributed by atoms with Gasteiger partial charge in [0.05, 0.1) is 0 Å². The molecule has 2 atom stereocenters. The van der Waals surface area contributed by atoms with Crippen LogP contribution in [0.4, 0.5) is 0 Å². The zero-order valence-electron chi connectivity index (χ0n) is 10.3. The number of carbonyl (C=O) groups excluding carboxylic acids is 1. The van der Waals surface area contributed by atoms with Crippen molar-refractivity contribution in [3.8, 4) is 0 Å². The maximum Gasteiger partial charge on any atom is 0.220 e. The van der Waals surface area contributed by atoms with E-state index in [0.29, 0.717) is 18.4 Å². The standard InChI is InChI=1S/C14H18N2OS/c17-14-6-5-11(16-14)8-15-7-10-9-18-13-4-2-1-3-12(10)13/h1-4,10-11,15H,5-9H2,(H,16,17). The molecule has 3 rings (SSSR count). The summed E-state index contributed by atoms with van der Waals surface area (Å²) in [4.78, 5) is 12.5. The van der Waals surface area contributed by atoms with Gasteiger partial charge in [-0.3, -0.25) is 4.79 Å². The molecule has 1 amide bonds. The molecule has 2 heterocycles. The molecule has 0 saturated carbocycles. The lowest BCUT2D eigenvalue weighted by Gasteiger charge is -2.15. The van der Waals surface area contributed by atoms with Gasteiger partial charge in [-0.1, -0.05) is 18.2 Å². The van der Waals surface area contributed by atoms with Gasteiger partial charge in [-0.25, -0.2) is 0 Å². The minimum Gasteiger partial charge on any atom is -0.352 e. The summed E-state index contributed by atoms with van der Waals surface area (Å²) in [6, 6.07) is 9.00. The SMILES string of the molecule is O=C1CCC(CNCC2CSc3ccccc32)N1. The molecule has 2 aliphatic rings. The van der Waals surface area contributed by atoms with Crippen LogP contribution in [-0.2, 0) is 4.79 Å². The summed E-state index contributed by atoms with van der Waals surface area (Å²) >= 11 is 1.95. The molecule has 0 aliphatic carbocycles. The topological polar surface area (TPSA) is 41.1 Å². The van der Waals surface area contributed by atoms with Gasteiger partial charge >= 0.3 is 0 Å². The van der Waals surface area contributed by atoms with E-state index in [1.807, 2.05) is 11.8 Å². The van der Waals surface area contributed by atoms with E-state index < -0.39 is 0 Å². The van der Waals surface area contributed by atoms with Crippen molar-refractivity contribution in [3.05, 3.63) is 29.8 Å². The lowest BCUT2D eigenvalue weighted by Crippen LogP contribution is -2.37. The summed E-state index contributed by atoms with van der Waals surface area (Å²) in [6.45, 7) is 1.91. The van der Waals surface area contributed by atoms with Crippen LogP contribution in [-0.4, -0.2) is 30.8 Å². The third kappa shape index (κ3) is 2.54. The highest BCUT2D eigenvalue weighted by Crippen LogP contribution is 2.38. The van der Waals surface area contributed by atoms with Crippen molar-refractivity contribution in [1.29, 1.82) is 0 Å². The molecule has 18 heavy (non-hydrogen) atoms. The Labute approximate surface area is 112 Å².